The van der Waals surface area contributed by atoms with Gasteiger partial charge in [0.15, 0.2) is 0 Å². The Morgan fingerprint density at radius 2 is 1.56 bits per heavy atom. The SMILES string of the molecule is CCOC(Cc1cccc(F)c1)(OCC)OCC. The quantitative estimate of drug-likeness (QED) is 0.669. The monoisotopic (exact) mass is 256 g/mol. The van der Waals surface area contributed by atoms with E-state index in [1.165, 1.54) is 12.1 Å². The summed E-state index contributed by atoms with van der Waals surface area (Å²) in [6, 6.07) is 6.37. The molecular formula is C14H21FO3. The molecule has 0 radical (unpaired) electrons. The van der Waals surface area contributed by atoms with Crippen LogP contribution in [0.25, 0.3) is 0 Å². The number of benzene rings is 1. The van der Waals surface area contributed by atoms with Crippen LogP contribution in [-0.4, -0.2) is 25.8 Å². The van der Waals surface area contributed by atoms with E-state index in [1.807, 2.05) is 26.8 Å². The van der Waals surface area contributed by atoms with Gasteiger partial charge in [-0.15, -0.1) is 0 Å². The Bertz CT molecular complexity index is 338. The van der Waals surface area contributed by atoms with Gasteiger partial charge in [-0.1, -0.05) is 12.1 Å². The molecule has 0 fully saturated rings. The van der Waals surface area contributed by atoms with Crippen LogP contribution < -0.4 is 0 Å². The van der Waals surface area contributed by atoms with Crippen molar-refractivity contribution in [3.05, 3.63) is 35.6 Å². The van der Waals surface area contributed by atoms with Gasteiger partial charge in [-0.2, -0.15) is 0 Å². The van der Waals surface area contributed by atoms with Crippen molar-refractivity contribution in [2.24, 2.45) is 0 Å². The zero-order chi connectivity index (χ0) is 13.4. The van der Waals surface area contributed by atoms with E-state index in [0.717, 1.165) is 5.56 Å². The molecule has 1 aromatic rings. The molecule has 102 valence electrons. The van der Waals surface area contributed by atoms with Crippen LogP contribution in [0.2, 0.25) is 0 Å². The van der Waals surface area contributed by atoms with Crippen molar-refractivity contribution in [2.75, 3.05) is 19.8 Å². The van der Waals surface area contributed by atoms with Gasteiger partial charge in [-0.3, -0.25) is 0 Å². The average Bonchev–Trinajstić information content (AvgIpc) is 2.30. The predicted octanol–water partition coefficient (Wildman–Crippen LogP) is 3.13. The molecule has 1 rings (SSSR count). The Balaban J connectivity index is 2.87. The fourth-order valence-corrected chi connectivity index (χ4v) is 1.83. The lowest BCUT2D eigenvalue weighted by atomic mass is 10.1. The molecule has 4 heteroatoms. The van der Waals surface area contributed by atoms with Gasteiger partial charge in [-0.05, 0) is 38.5 Å². The van der Waals surface area contributed by atoms with Crippen molar-refractivity contribution in [1.29, 1.82) is 0 Å². The third kappa shape index (κ3) is 4.37. The summed E-state index contributed by atoms with van der Waals surface area (Å²) in [5.41, 5.74) is 0.783. The second-order valence-electron chi connectivity index (χ2n) is 3.79. The van der Waals surface area contributed by atoms with Crippen molar-refractivity contribution in [1.82, 2.24) is 0 Å². The molecule has 0 saturated carbocycles. The number of rotatable bonds is 8. The highest BCUT2D eigenvalue weighted by Crippen LogP contribution is 2.22. The molecule has 0 aliphatic heterocycles. The van der Waals surface area contributed by atoms with E-state index in [1.54, 1.807) is 6.07 Å². The summed E-state index contributed by atoms with van der Waals surface area (Å²) in [6.07, 6.45) is 0.361. The van der Waals surface area contributed by atoms with E-state index in [-0.39, 0.29) is 5.82 Å². The molecule has 0 saturated heterocycles. The molecule has 0 spiro atoms. The molecule has 18 heavy (non-hydrogen) atoms. The van der Waals surface area contributed by atoms with E-state index in [9.17, 15) is 4.39 Å². The van der Waals surface area contributed by atoms with Crippen LogP contribution in [0.3, 0.4) is 0 Å². The topological polar surface area (TPSA) is 27.7 Å². The molecule has 0 bridgehead atoms. The lowest BCUT2D eigenvalue weighted by molar-refractivity contribution is -0.376. The van der Waals surface area contributed by atoms with Crippen LogP contribution in [0.1, 0.15) is 26.3 Å². The summed E-state index contributed by atoms with van der Waals surface area (Å²) in [4.78, 5) is 0. The van der Waals surface area contributed by atoms with Gasteiger partial charge in [0, 0.05) is 19.8 Å². The van der Waals surface area contributed by atoms with Gasteiger partial charge >= 0.3 is 0 Å². The van der Waals surface area contributed by atoms with E-state index in [4.69, 9.17) is 14.2 Å². The molecule has 0 heterocycles. The third-order valence-corrected chi connectivity index (χ3v) is 2.40. The fraction of sp³-hybridized carbons (Fsp3) is 0.571. The van der Waals surface area contributed by atoms with E-state index in [2.05, 4.69) is 0 Å². The Morgan fingerprint density at radius 1 is 1.00 bits per heavy atom. The highest BCUT2D eigenvalue weighted by atomic mass is 19.1. The van der Waals surface area contributed by atoms with Crippen molar-refractivity contribution in [3.8, 4) is 0 Å². The summed E-state index contributed by atoms with van der Waals surface area (Å²) in [5, 5.41) is 0. The van der Waals surface area contributed by atoms with Crippen LogP contribution in [-0.2, 0) is 20.6 Å². The summed E-state index contributed by atoms with van der Waals surface area (Å²) >= 11 is 0. The summed E-state index contributed by atoms with van der Waals surface area (Å²) in [5.74, 6) is -1.39. The van der Waals surface area contributed by atoms with Crippen molar-refractivity contribution in [2.45, 2.75) is 33.2 Å². The third-order valence-electron chi connectivity index (χ3n) is 2.40. The zero-order valence-corrected chi connectivity index (χ0v) is 11.2. The number of ether oxygens (including phenoxy) is 3. The van der Waals surface area contributed by atoms with Crippen molar-refractivity contribution >= 4 is 0 Å². The van der Waals surface area contributed by atoms with Gasteiger partial charge in [0.25, 0.3) is 5.97 Å². The Hall–Kier alpha value is -0.970. The molecule has 0 atom stereocenters. The lowest BCUT2D eigenvalue weighted by Crippen LogP contribution is -2.41. The second-order valence-corrected chi connectivity index (χ2v) is 3.79. The summed E-state index contributed by atoms with van der Waals surface area (Å²) < 4.78 is 29.9. The maximum Gasteiger partial charge on any atom is 0.287 e. The van der Waals surface area contributed by atoms with Gasteiger partial charge in [0.1, 0.15) is 5.82 Å². The fourth-order valence-electron chi connectivity index (χ4n) is 1.83. The predicted molar refractivity (Wildman–Crippen MR) is 67.7 cm³/mol. The molecule has 0 amide bonds. The average molecular weight is 256 g/mol. The van der Waals surface area contributed by atoms with Crippen LogP contribution in [0.4, 0.5) is 4.39 Å². The van der Waals surface area contributed by atoms with Gasteiger partial charge < -0.3 is 14.2 Å². The Labute approximate surface area is 108 Å². The lowest BCUT2D eigenvalue weighted by Gasteiger charge is -2.32. The number of hydrogen-bond acceptors (Lipinski definition) is 3. The normalized spacial score (nSPS) is 11.8. The minimum absolute atomic E-state index is 0.272. The first kappa shape index (κ1) is 15.1. The molecular weight excluding hydrogens is 235 g/mol. The number of hydrogen-bond donors (Lipinski definition) is 0. The van der Waals surface area contributed by atoms with Crippen LogP contribution in [0, 0.1) is 5.82 Å². The van der Waals surface area contributed by atoms with Crippen molar-refractivity contribution in [3.63, 3.8) is 0 Å². The molecule has 0 aliphatic rings. The Morgan fingerprint density at radius 3 is 2.00 bits per heavy atom. The van der Waals surface area contributed by atoms with Gasteiger partial charge in [0.2, 0.25) is 0 Å². The molecule has 0 aliphatic carbocycles. The second kappa shape index (κ2) is 7.46. The highest BCUT2D eigenvalue weighted by Gasteiger charge is 2.32. The molecule has 0 unspecified atom stereocenters. The van der Waals surface area contributed by atoms with E-state index < -0.39 is 5.97 Å². The first-order valence-electron chi connectivity index (χ1n) is 6.32. The minimum atomic E-state index is -1.12. The van der Waals surface area contributed by atoms with Crippen LogP contribution in [0.5, 0.6) is 0 Å². The highest BCUT2D eigenvalue weighted by molar-refractivity contribution is 5.17. The maximum atomic E-state index is 13.2. The van der Waals surface area contributed by atoms with E-state index in [0.29, 0.717) is 26.2 Å². The van der Waals surface area contributed by atoms with Crippen LogP contribution in [0.15, 0.2) is 24.3 Å². The smallest absolute Gasteiger partial charge is 0.287 e. The van der Waals surface area contributed by atoms with Gasteiger partial charge in [0.05, 0.1) is 6.42 Å². The summed E-state index contributed by atoms with van der Waals surface area (Å²) in [6.45, 7) is 7.02. The minimum Gasteiger partial charge on any atom is -0.327 e. The zero-order valence-electron chi connectivity index (χ0n) is 11.2. The van der Waals surface area contributed by atoms with E-state index >= 15 is 0 Å². The first-order valence-corrected chi connectivity index (χ1v) is 6.32. The Kier molecular flexibility index (Phi) is 6.25. The van der Waals surface area contributed by atoms with Gasteiger partial charge in [-0.25, -0.2) is 4.39 Å². The number of halogens is 1. The van der Waals surface area contributed by atoms with Crippen molar-refractivity contribution < 1.29 is 18.6 Å². The molecule has 1 aromatic carbocycles. The standard InChI is InChI=1S/C14H21FO3/c1-4-16-14(17-5-2,18-6-3)11-12-8-7-9-13(15)10-12/h7-10H,4-6,11H2,1-3H3. The molecule has 0 aromatic heterocycles. The van der Waals surface area contributed by atoms with Crippen LogP contribution >= 0.6 is 0 Å². The molecule has 0 N–H and O–H groups in total. The first-order chi connectivity index (χ1) is 8.65. The summed E-state index contributed by atoms with van der Waals surface area (Å²) in [7, 11) is 0. The molecule has 3 nitrogen and oxygen atoms in total. The maximum absolute atomic E-state index is 13.2. The largest absolute Gasteiger partial charge is 0.327 e.